The normalized spacial score (nSPS) is 11.4. The van der Waals surface area contributed by atoms with Crippen LogP contribution in [0.1, 0.15) is 33.6 Å². The van der Waals surface area contributed by atoms with Crippen LogP contribution in [0.15, 0.2) is 0 Å². The van der Waals surface area contributed by atoms with Gasteiger partial charge in [0.05, 0.1) is 13.2 Å². The zero-order valence-corrected chi connectivity index (χ0v) is 10.9. The molecule has 0 fully saturated rings. The molecule has 0 spiro atoms. The summed E-state index contributed by atoms with van der Waals surface area (Å²) in [6.45, 7) is 5.25. The molecule has 0 rings (SSSR count). The Morgan fingerprint density at radius 3 is 1.94 bits per heavy atom. The standard InChI is InChI=1S/C10H19O5P/c1-4-14-16(13,15-5-2)8-10(12)7-6-9(3)11/h4-8H2,1-3H3. The molecule has 0 aromatic heterocycles. The maximum absolute atomic E-state index is 11.9. The Hall–Kier alpha value is -0.510. The van der Waals surface area contributed by atoms with E-state index >= 15 is 0 Å². The number of hydrogen-bond donors (Lipinski definition) is 0. The van der Waals surface area contributed by atoms with Gasteiger partial charge in [0.2, 0.25) is 0 Å². The largest absolute Gasteiger partial charge is 0.338 e. The molecule has 0 aromatic rings. The Labute approximate surface area is 96.0 Å². The SMILES string of the molecule is CCOP(=O)(CC(=O)CCC(C)=O)OCC. The van der Waals surface area contributed by atoms with Crippen molar-refractivity contribution in [1.82, 2.24) is 0 Å². The number of carbonyl (C=O) groups is 2. The first-order chi connectivity index (χ1) is 7.43. The molecular weight excluding hydrogens is 231 g/mol. The Balaban J connectivity index is 4.23. The first kappa shape index (κ1) is 15.5. The smallest absolute Gasteiger partial charge is 0.309 e. The molecule has 0 aliphatic carbocycles. The van der Waals surface area contributed by atoms with E-state index in [-0.39, 0.29) is 43.8 Å². The molecule has 0 saturated carbocycles. The van der Waals surface area contributed by atoms with Crippen LogP contribution in [0.2, 0.25) is 0 Å². The van der Waals surface area contributed by atoms with E-state index in [1.54, 1.807) is 13.8 Å². The van der Waals surface area contributed by atoms with Crippen molar-refractivity contribution >= 4 is 19.2 Å². The molecule has 0 saturated heterocycles. The molecule has 0 heterocycles. The van der Waals surface area contributed by atoms with Crippen molar-refractivity contribution in [2.24, 2.45) is 0 Å². The van der Waals surface area contributed by atoms with Crippen molar-refractivity contribution in [3.05, 3.63) is 0 Å². The van der Waals surface area contributed by atoms with Gasteiger partial charge >= 0.3 is 7.60 Å². The van der Waals surface area contributed by atoms with E-state index < -0.39 is 7.60 Å². The Kier molecular flexibility index (Phi) is 7.47. The maximum Gasteiger partial charge on any atom is 0.338 e. The highest BCUT2D eigenvalue weighted by molar-refractivity contribution is 7.54. The van der Waals surface area contributed by atoms with Crippen molar-refractivity contribution in [3.8, 4) is 0 Å². The minimum atomic E-state index is -3.30. The van der Waals surface area contributed by atoms with Gasteiger partial charge in [-0.25, -0.2) is 0 Å². The second-order valence-electron chi connectivity index (χ2n) is 3.35. The molecular formula is C10H19O5P. The van der Waals surface area contributed by atoms with Gasteiger partial charge in [-0.2, -0.15) is 0 Å². The quantitative estimate of drug-likeness (QED) is 0.586. The number of carbonyl (C=O) groups excluding carboxylic acids is 2. The molecule has 0 unspecified atom stereocenters. The summed E-state index contributed by atoms with van der Waals surface area (Å²) in [6, 6.07) is 0. The zero-order valence-electron chi connectivity index (χ0n) is 10.0. The number of ketones is 2. The summed E-state index contributed by atoms with van der Waals surface area (Å²) in [7, 11) is -3.30. The molecule has 0 radical (unpaired) electrons. The molecule has 0 N–H and O–H groups in total. The molecule has 5 nitrogen and oxygen atoms in total. The van der Waals surface area contributed by atoms with E-state index in [4.69, 9.17) is 9.05 Å². The highest BCUT2D eigenvalue weighted by Gasteiger charge is 2.27. The molecule has 0 bridgehead atoms. The maximum atomic E-state index is 11.9. The first-order valence-corrected chi connectivity index (χ1v) is 7.05. The van der Waals surface area contributed by atoms with Crippen LogP contribution in [-0.2, 0) is 23.2 Å². The summed E-state index contributed by atoms with van der Waals surface area (Å²) in [5.74, 6) is -0.323. The Morgan fingerprint density at radius 2 is 1.56 bits per heavy atom. The van der Waals surface area contributed by atoms with Gasteiger partial charge in [0.1, 0.15) is 17.7 Å². The van der Waals surface area contributed by atoms with Crippen LogP contribution in [0.4, 0.5) is 0 Å². The van der Waals surface area contributed by atoms with Gasteiger partial charge in [-0.15, -0.1) is 0 Å². The van der Waals surface area contributed by atoms with Gasteiger partial charge in [-0.1, -0.05) is 0 Å². The molecule has 16 heavy (non-hydrogen) atoms. The third kappa shape index (κ3) is 6.88. The van der Waals surface area contributed by atoms with Crippen LogP contribution >= 0.6 is 7.60 Å². The van der Waals surface area contributed by atoms with E-state index in [0.29, 0.717) is 0 Å². The summed E-state index contributed by atoms with van der Waals surface area (Å²) in [5.41, 5.74) is 0. The van der Waals surface area contributed by atoms with Crippen molar-refractivity contribution < 1.29 is 23.2 Å². The van der Waals surface area contributed by atoms with Gasteiger partial charge in [0, 0.05) is 12.8 Å². The average molecular weight is 250 g/mol. The molecule has 0 aliphatic rings. The minimum Gasteiger partial charge on any atom is -0.309 e. The number of rotatable bonds is 9. The predicted molar refractivity (Wildman–Crippen MR) is 60.6 cm³/mol. The zero-order chi connectivity index (χ0) is 12.6. The lowest BCUT2D eigenvalue weighted by Gasteiger charge is -2.15. The van der Waals surface area contributed by atoms with Gasteiger partial charge < -0.3 is 13.8 Å². The first-order valence-electron chi connectivity index (χ1n) is 5.32. The second-order valence-corrected chi connectivity index (χ2v) is 5.40. The van der Waals surface area contributed by atoms with Crippen LogP contribution in [0, 0.1) is 0 Å². The molecule has 0 amide bonds. The highest BCUT2D eigenvalue weighted by atomic mass is 31.2. The van der Waals surface area contributed by atoms with Gasteiger partial charge in [0.25, 0.3) is 0 Å². The van der Waals surface area contributed by atoms with E-state index in [1.165, 1.54) is 6.92 Å². The van der Waals surface area contributed by atoms with Crippen LogP contribution in [-0.4, -0.2) is 30.9 Å². The molecule has 0 aromatic carbocycles. The predicted octanol–water partition coefficient (Wildman–Crippen LogP) is 2.19. The van der Waals surface area contributed by atoms with Crippen molar-refractivity contribution in [1.29, 1.82) is 0 Å². The van der Waals surface area contributed by atoms with Crippen LogP contribution in [0.5, 0.6) is 0 Å². The lowest BCUT2D eigenvalue weighted by Crippen LogP contribution is -2.11. The lowest BCUT2D eigenvalue weighted by molar-refractivity contribution is -0.122. The molecule has 94 valence electrons. The summed E-state index contributed by atoms with van der Waals surface area (Å²) in [5, 5.41) is 0. The van der Waals surface area contributed by atoms with Gasteiger partial charge in [-0.05, 0) is 20.8 Å². The fourth-order valence-corrected chi connectivity index (χ4v) is 2.77. The van der Waals surface area contributed by atoms with Crippen LogP contribution < -0.4 is 0 Å². The Bertz CT molecular complexity index is 277. The molecule has 6 heteroatoms. The highest BCUT2D eigenvalue weighted by Crippen LogP contribution is 2.47. The monoisotopic (exact) mass is 250 g/mol. The fourth-order valence-electron chi connectivity index (χ4n) is 1.13. The summed E-state index contributed by atoms with van der Waals surface area (Å²) < 4.78 is 21.9. The Morgan fingerprint density at radius 1 is 1.06 bits per heavy atom. The summed E-state index contributed by atoms with van der Waals surface area (Å²) in [4.78, 5) is 22.1. The van der Waals surface area contributed by atoms with Crippen molar-refractivity contribution in [2.75, 3.05) is 19.4 Å². The van der Waals surface area contributed by atoms with Gasteiger partial charge in [-0.3, -0.25) is 9.36 Å². The van der Waals surface area contributed by atoms with E-state index in [9.17, 15) is 14.2 Å². The van der Waals surface area contributed by atoms with E-state index in [2.05, 4.69) is 0 Å². The second kappa shape index (κ2) is 7.71. The summed E-state index contributed by atoms with van der Waals surface area (Å²) >= 11 is 0. The lowest BCUT2D eigenvalue weighted by atomic mass is 10.2. The van der Waals surface area contributed by atoms with Crippen LogP contribution in [0.3, 0.4) is 0 Å². The van der Waals surface area contributed by atoms with E-state index in [0.717, 1.165) is 0 Å². The average Bonchev–Trinajstić information content (AvgIpc) is 2.15. The topological polar surface area (TPSA) is 69.7 Å². The third-order valence-corrected chi connectivity index (χ3v) is 3.82. The third-order valence-electron chi connectivity index (χ3n) is 1.78. The fraction of sp³-hybridized carbons (Fsp3) is 0.800. The minimum absolute atomic E-state index is 0.0593. The van der Waals surface area contributed by atoms with Crippen LogP contribution in [0.25, 0.3) is 0 Å². The summed E-state index contributed by atoms with van der Waals surface area (Å²) in [6.07, 6.45) is 0.0263. The number of hydrogen-bond acceptors (Lipinski definition) is 5. The van der Waals surface area contributed by atoms with E-state index in [1.807, 2.05) is 0 Å². The number of Topliss-reactive ketones (excluding diaryl/α,β-unsaturated/α-hetero) is 2. The van der Waals surface area contributed by atoms with Gasteiger partial charge in [0.15, 0.2) is 0 Å². The molecule has 0 atom stereocenters. The molecule has 0 aliphatic heterocycles. The van der Waals surface area contributed by atoms with Crippen molar-refractivity contribution in [2.45, 2.75) is 33.6 Å². The van der Waals surface area contributed by atoms with Crippen molar-refractivity contribution in [3.63, 3.8) is 0 Å².